The third kappa shape index (κ3) is 4.15. The lowest BCUT2D eigenvalue weighted by Crippen LogP contribution is -2.25. The van der Waals surface area contributed by atoms with Crippen molar-refractivity contribution >= 4 is 5.91 Å². The van der Waals surface area contributed by atoms with E-state index in [0.29, 0.717) is 36.2 Å². The molecule has 9 heteroatoms. The molecule has 0 saturated carbocycles. The lowest BCUT2D eigenvalue weighted by molar-refractivity contribution is 0.0948. The maximum Gasteiger partial charge on any atom is 0.251 e. The van der Waals surface area contributed by atoms with Crippen LogP contribution in [0.1, 0.15) is 22.6 Å². The minimum Gasteiger partial charge on any atom is -0.472 e. The molecule has 0 aliphatic carbocycles. The normalized spacial score (nSPS) is 16.1. The molecule has 1 atom stereocenters. The number of rotatable bonds is 6. The van der Waals surface area contributed by atoms with Crippen LogP contribution in [-0.2, 0) is 11.3 Å². The van der Waals surface area contributed by atoms with Gasteiger partial charge in [0.1, 0.15) is 18.2 Å². The fourth-order valence-electron chi connectivity index (χ4n) is 2.85. The van der Waals surface area contributed by atoms with Crippen LogP contribution in [0.4, 0.5) is 4.39 Å². The van der Waals surface area contributed by atoms with Gasteiger partial charge in [0.15, 0.2) is 5.82 Å². The third-order valence-corrected chi connectivity index (χ3v) is 4.30. The Hall–Kier alpha value is -3.33. The Morgan fingerprint density at radius 2 is 2.18 bits per heavy atom. The second kappa shape index (κ2) is 8.13. The number of ether oxygens (including phenoxy) is 2. The predicted molar refractivity (Wildman–Crippen MR) is 96.6 cm³/mol. The molecular weight excluding hydrogens is 365 g/mol. The average Bonchev–Trinajstić information content (AvgIpc) is 3.39. The molecular formula is C19H18FN5O3. The van der Waals surface area contributed by atoms with Crippen LogP contribution in [-0.4, -0.2) is 45.0 Å². The van der Waals surface area contributed by atoms with Gasteiger partial charge in [-0.05, 0) is 30.3 Å². The Morgan fingerprint density at radius 3 is 2.96 bits per heavy atom. The summed E-state index contributed by atoms with van der Waals surface area (Å²) in [6, 6.07) is 9.14. The highest BCUT2D eigenvalue weighted by molar-refractivity contribution is 5.94. The summed E-state index contributed by atoms with van der Waals surface area (Å²) in [5.74, 6) is 0.293. The van der Waals surface area contributed by atoms with Crippen molar-refractivity contribution < 1.29 is 18.7 Å². The molecule has 2 aromatic heterocycles. The standard InChI is InChI=1S/C19H18FN5O3/c20-14-1-3-15(4-2-14)25-12-23-24-17(25)10-22-19(26)13-5-7-21-18(9-13)28-16-6-8-27-11-16/h1-5,7,9,12,16H,6,8,10-11H2,(H,22,26). The van der Waals surface area contributed by atoms with Crippen molar-refractivity contribution in [1.29, 1.82) is 0 Å². The largest absolute Gasteiger partial charge is 0.472 e. The molecule has 1 aliphatic rings. The highest BCUT2D eigenvalue weighted by Crippen LogP contribution is 2.16. The van der Waals surface area contributed by atoms with E-state index in [1.165, 1.54) is 24.7 Å². The fourth-order valence-corrected chi connectivity index (χ4v) is 2.85. The third-order valence-electron chi connectivity index (χ3n) is 4.30. The van der Waals surface area contributed by atoms with Gasteiger partial charge in [0.2, 0.25) is 5.88 Å². The Morgan fingerprint density at radius 1 is 1.32 bits per heavy atom. The molecule has 8 nitrogen and oxygen atoms in total. The number of amides is 1. The van der Waals surface area contributed by atoms with E-state index in [4.69, 9.17) is 9.47 Å². The first-order valence-electron chi connectivity index (χ1n) is 8.82. The fraction of sp³-hybridized carbons (Fsp3) is 0.263. The first kappa shape index (κ1) is 18.1. The highest BCUT2D eigenvalue weighted by Gasteiger charge is 2.18. The van der Waals surface area contributed by atoms with Crippen LogP contribution in [0, 0.1) is 5.82 Å². The highest BCUT2D eigenvalue weighted by atomic mass is 19.1. The molecule has 3 heterocycles. The molecule has 4 rings (SSSR count). The van der Waals surface area contributed by atoms with Crippen molar-refractivity contribution in [3.63, 3.8) is 0 Å². The second-order valence-corrected chi connectivity index (χ2v) is 6.26. The van der Waals surface area contributed by atoms with Gasteiger partial charge in [-0.1, -0.05) is 0 Å². The van der Waals surface area contributed by atoms with Gasteiger partial charge in [0.25, 0.3) is 5.91 Å². The lowest BCUT2D eigenvalue weighted by atomic mass is 10.2. The molecule has 1 fully saturated rings. The van der Waals surface area contributed by atoms with Gasteiger partial charge < -0.3 is 14.8 Å². The van der Waals surface area contributed by atoms with Crippen molar-refractivity contribution in [2.45, 2.75) is 19.1 Å². The van der Waals surface area contributed by atoms with Crippen molar-refractivity contribution in [2.75, 3.05) is 13.2 Å². The zero-order chi connectivity index (χ0) is 19.3. The minimum absolute atomic E-state index is 0.0416. The Bertz CT molecular complexity index is 954. The van der Waals surface area contributed by atoms with Gasteiger partial charge >= 0.3 is 0 Å². The predicted octanol–water partition coefficient (Wildman–Crippen LogP) is 1.90. The maximum absolute atomic E-state index is 13.1. The van der Waals surface area contributed by atoms with E-state index in [9.17, 15) is 9.18 Å². The quantitative estimate of drug-likeness (QED) is 0.699. The van der Waals surface area contributed by atoms with Crippen LogP contribution in [0.2, 0.25) is 0 Å². The Balaban J connectivity index is 1.41. The summed E-state index contributed by atoms with van der Waals surface area (Å²) in [5.41, 5.74) is 1.13. The topological polar surface area (TPSA) is 91.2 Å². The molecule has 28 heavy (non-hydrogen) atoms. The Kier molecular flexibility index (Phi) is 5.24. The van der Waals surface area contributed by atoms with Crippen molar-refractivity contribution in [2.24, 2.45) is 0 Å². The smallest absolute Gasteiger partial charge is 0.251 e. The number of hydrogen-bond acceptors (Lipinski definition) is 6. The Labute approximate surface area is 160 Å². The SMILES string of the molecule is O=C(NCc1nncn1-c1ccc(F)cc1)c1ccnc(OC2CCOC2)c1. The molecule has 0 bridgehead atoms. The summed E-state index contributed by atoms with van der Waals surface area (Å²) < 4.78 is 25.8. The maximum atomic E-state index is 13.1. The number of halogens is 1. The molecule has 1 aromatic carbocycles. The molecule has 1 amide bonds. The molecule has 1 saturated heterocycles. The molecule has 1 N–H and O–H groups in total. The van der Waals surface area contributed by atoms with E-state index in [2.05, 4.69) is 20.5 Å². The van der Waals surface area contributed by atoms with Crippen LogP contribution in [0.5, 0.6) is 5.88 Å². The van der Waals surface area contributed by atoms with Crippen molar-refractivity contribution in [3.8, 4) is 11.6 Å². The van der Waals surface area contributed by atoms with E-state index in [-0.39, 0.29) is 24.4 Å². The zero-order valence-electron chi connectivity index (χ0n) is 14.9. The van der Waals surface area contributed by atoms with Crippen LogP contribution < -0.4 is 10.1 Å². The molecule has 0 spiro atoms. The van der Waals surface area contributed by atoms with E-state index in [1.54, 1.807) is 28.8 Å². The summed E-state index contributed by atoms with van der Waals surface area (Å²) in [7, 11) is 0. The first-order chi connectivity index (χ1) is 13.7. The zero-order valence-corrected chi connectivity index (χ0v) is 14.9. The number of benzene rings is 1. The number of pyridine rings is 1. The van der Waals surface area contributed by atoms with Crippen molar-refractivity contribution in [1.82, 2.24) is 25.1 Å². The van der Waals surface area contributed by atoms with Crippen LogP contribution in [0.25, 0.3) is 5.69 Å². The number of aromatic nitrogens is 4. The van der Waals surface area contributed by atoms with Crippen LogP contribution in [0.15, 0.2) is 48.9 Å². The average molecular weight is 383 g/mol. The van der Waals surface area contributed by atoms with Gasteiger partial charge in [0.05, 0.1) is 19.8 Å². The number of hydrogen-bond donors (Lipinski definition) is 1. The van der Waals surface area contributed by atoms with Gasteiger partial charge in [-0.2, -0.15) is 0 Å². The molecule has 144 valence electrons. The first-order valence-corrected chi connectivity index (χ1v) is 8.82. The summed E-state index contributed by atoms with van der Waals surface area (Å²) in [6.07, 6.45) is 3.80. The minimum atomic E-state index is -0.327. The molecule has 1 aliphatic heterocycles. The summed E-state index contributed by atoms with van der Waals surface area (Å²) in [6.45, 7) is 1.35. The summed E-state index contributed by atoms with van der Waals surface area (Å²) in [4.78, 5) is 16.6. The van der Waals surface area contributed by atoms with Crippen molar-refractivity contribution in [3.05, 3.63) is 66.1 Å². The number of nitrogens with zero attached hydrogens (tertiary/aromatic N) is 4. The molecule has 0 radical (unpaired) electrons. The van der Waals surface area contributed by atoms with E-state index in [0.717, 1.165) is 6.42 Å². The monoisotopic (exact) mass is 383 g/mol. The number of carbonyl (C=O) groups is 1. The van der Waals surface area contributed by atoms with Gasteiger partial charge in [0, 0.05) is 29.9 Å². The van der Waals surface area contributed by atoms with E-state index < -0.39 is 0 Å². The molecule has 1 unspecified atom stereocenters. The van der Waals surface area contributed by atoms with Crippen LogP contribution in [0.3, 0.4) is 0 Å². The van der Waals surface area contributed by atoms with Crippen LogP contribution >= 0.6 is 0 Å². The van der Waals surface area contributed by atoms with Gasteiger partial charge in [-0.25, -0.2) is 9.37 Å². The summed E-state index contributed by atoms with van der Waals surface area (Å²) >= 11 is 0. The lowest BCUT2D eigenvalue weighted by Gasteiger charge is -2.12. The van der Waals surface area contributed by atoms with E-state index in [1.807, 2.05) is 0 Å². The molecule has 3 aromatic rings. The number of carbonyl (C=O) groups excluding carboxylic acids is 1. The van der Waals surface area contributed by atoms with Gasteiger partial charge in [-0.3, -0.25) is 9.36 Å². The number of nitrogens with one attached hydrogen (secondary N) is 1. The van der Waals surface area contributed by atoms with E-state index >= 15 is 0 Å². The second-order valence-electron chi connectivity index (χ2n) is 6.26. The summed E-state index contributed by atoms with van der Waals surface area (Å²) in [5, 5.41) is 10.7. The van der Waals surface area contributed by atoms with Gasteiger partial charge in [-0.15, -0.1) is 10.2 Å².